The summed E-state index contributed by atoms with van der Waals surface area (Å²) in [6.07, 6.45) is 6.31. The lowest BCUT2D eigenvalue weighted by Crippen LogP contribution is -2.45. The van der Waals surface area contributed by atoms with Crippen LogP contribution in [0.5, 0.6) is 0 Å². The fourth-order valence-corrected chi connectivity index (χ4v) is 4.04. The number of furan rings is 1. The Morgan fingerprint density at radius 2 is 2.19 bits per heavy atom. The Bertz CT molecular complexity index is 814. The second kappa shape index (κ2) is 7.45. The first-order chi connectivity index (χ1) is 12.7. The SMILES string of the molecule is O=C(C1CCCN(Cc2ccco2)C1)N1CCc2nc[nH]c(=O)c2CC1. The van der Waals surface area contributed by atoms with Crippen LogP contribution in [-0.4, -0.2) is 51.9 Å². The standard InChI is InChI=1S/C19H24N4O3/c24-18-16-5-8-23(9-6-17(16)20-13-21-18)19(25)14-3-1-7-22(11-14)12-15-4-2-10-26-15/h2,4,10,13-14H,1,3,5-9,11-12H2,(H,20,21,24). The molecular weight excluding hydrogens is 332 g/mol. The Morgan fingerprint density at radius 1 is 1.31 bits per heavy atom. The number of rotatable bonds is 3. The van der Waals surface area contributed by atoms with E-state index in [4.69, 9.17) is 4.42 Å². The molecule has 1 amide bonds. The van der Waals surface area contributed by atoms with Gasteiger partial charge < -0.3 is 14.3 Å². The molecular formula is C19H24N4O3. The summed E-state index contributed by atoms with van der Waals surface area (Å²) in [4.78, 5) is 36.2. The van der Waals surface area contributed by atoms with Gasteiger partial charge in [0.1, 0.15) is 5.76 Å². The van der Waals surface area contributed by atoms with E-state index in [1.54, 1.807) is 6.26 Å². The summed E-state index contributed by atoms with van der Waals surface area (Å²) in [6, 6.07) is 3.87. The van der Waals surface area contributed by atoms with E-state index in [2.05, 4.69) is 14.9 Å². The van der Waals surface area contributed by atoms with Gasteiger partial charge in [-0.1, -0.05) is 0 Å². The number of aromatic nitrogens is 2. The van der Waals surface area contributed by atoms with Crippen molar-refractivity contribution < 1.29 is 9.21 Å². The van der Waals surface area contributed by atoms with E-state index in [1.807, 2.05) is 17.0 Å². The summed E-state index contributed by atoms with van der Waals surface area (Å²) in [5, 5.41) is 0. The third-order valence-corrected chi connectivity index (χ3v) is 5.41. The van der Waals surface area contributed by atoms with Crippen LogP contribution in [0.1, 0.15) is 29.9 Å². The maximum absolute atomic E-state index is 13.1. The molecule has 7 heteroatoms. The zero-order valence-corrected chi connectivity index (χ0v) is 14.8. The molecule has 4 rings (SSSR count). The third-order valence-electron chi connectivity index (χ3n) is 5.41. The highest BCUT2D eigenvalue weighted by atomic mass is 16.3. The van der Waals surface area contributed by atoms with Crippen LogP contribution in [0.4, 0.5) is 0 Å². The maximum Gasteiger partial charge on any atom is 0.254 e. The van der Waals surface area contributed by atoms with Crippen LogP contribution >= 0.6 is 0 Å². The van der Waals surface area contributed by atoms with Gasteiger partial charge in [0.15, 0.2) is 0 Å². The predicted molar refractivity (Wildman–Crippen MR) is 95.6 cm³/mol. The summed E-state index contributed by atoms with van der Waals surface area (Å²) in [5.41, 5.74) is 1.48. The van der Waals surface area contributed by atoms with Crippen LogP contribution in [0.3, 0.4) is 0 Å². The Morgan fingerprint density at radius 3 is 3.04 bits per heavy atom. The van der Waals surface area contributed by atoms with E-state index in [9.17, 15) is 9.59 Å². The van der Waals surface area contributed by atoms with Crippen LogP contribution in [0, 0.1) is 5.92 Å². The number of amides is 1. The minimum Gasteiger partial charge on any atom is -0.468 e. The van der Waals surface area contributed by atoms with Crippen molar-refractivity contribution in [2.75, 3.05) is 26.2 Å². The van der Waals surface area contributed by atoms with Gasteiger partial charge in [0.25, 0.3) is 5.56 Å². The third kappa shape index (κ3) is 3.58. The summed E-state index contributed by atoms with van der Waals surface area (Å²) in [6.45, 7) is 3.74. The van der Waals surface area contributed by atoms with Gasteiger partial charge in [0.2, 0.25) is 5.91 Å². The van der Waals surface area contributed by atoms with E-state index in [0.29, 0.717) is 25.9 Å². The van der Waals surface area contributed by atoms with E-state index in [-0.39, 0.29) is 17.4 Å². The Balaban J connectivity index is 1.39. The Labute approximate surface area is 152 Å². The molecule has 4 heterocycles. The molecule has 1 N–H and O–H groups in total. The minimum absolute atomic E-state index is 0.0196. The molecule has 1 saturated heterocycles. The summed E-state index contributed by atoms with van der Waals surface area (Å²) >= 11 is 0. The van der Waals surface area contributed by atoms with Crippen molar-refractivity contribution >= 4 is 5.91 Å². The predicted octanol–water partition coefficient (Wildman–Crippen LogP) is 1.20. The molecule has 1 unspecified atom stereocenters. The summed E-state index contributed by atoms with van der Waals surface area (Å²) in [5.74, 6) is 1.16. The second-order valence-electron chi connectivity index (χ2n) is 7.14. The molecule has 7 nitrogen and oxygen atoms in total. The van der Waals surface area contributed by atoms with Crippen molar-refractivity contribution in [3.05, 3.63) is 52.1 Å². The normalized spacial score (nSPS) is 21.2. The molecule has 1 fully saturated rings. The van der Waals surface area contributed by atoms with Crippen LogP contribution in [0.2, 0.25) is 0 Å². The van der Waals surface area contributed by atoms with Crippen molar-refractivity contribution in [1.29, 1.82) is 0 Å². The molecule has 0 radical (unpaired) electrons. The first kappa shape index (κ1) is 17.0. The first-order valence-electron chi connectivity index (χ1n) is 9.29. The lowest BCUT2D eigenvalue weighted by Gasteiger charge is -2.34. The number of fused-ring (bicyclic) bond motifs is 1. The number of aromatic amines is 1. The highest BCUT2D eigenvalue weighted by Gasteiger charge is 2.30. The number of nitrogens with zero attached hydrogens (tertiary/aromatic N) is 3. The van der Waals surface area contributed by atoms with Crippen LogP contribution in [0.25, 0.3) is 0 Å². The minimum atomic E-state index is -0.0772. The molecule has 2 aliphatic rings. The van der Waals surface area contributed by atoms with E-state index >= 15 is 0 Å². The molecule has 0 aromatic carbocycles. The number of carbonyl (C=O) groups is 1. The van der Waals surface area contributed by atoms with E-state index in [1.165, 1.54) is 6.33 Å². The number of hydrogen-bond acceptors (Lipinski definition) is 5. The van der Waals surface area contributed by atoms with Gasteiger partial charge in [0, 0.05) is 31.6 Å². The highest BCUT2D eigenvalue weighted by molar-refractivity contribution is 5.79. The van der Waals surface area contributed by atoms with Gasteiger partial charge in [0.05, 0.1) is 30.7 Å². The Hall–Kier alpha value is -2.41. The molecule has 0 aliphatic carbocycles. The van der Waals surface area contributed by atoms with Gasteiger partial charge in [-0.2, -0.15) is 0 Å². The van der Waals surface area contributed by atoms with Crippen molar-refractivity contribution in [3.63, 3.8) is 0 Å². The average molecular weight is 356 g/mol. The zero-order chi connectivity index (χ0) is 17.9. The second-order valence-corrected chi connectivity index (χ2v) is 7.14. The molecule has 0 bridgehead atoms. The highest BCUT2D eigenvalue weighted by Crippen LogP contribution is 2.22. The molecule has 138 valence electrons. The summed E-state index contributed by atoms with van der Waals surface area (Å²) < 4.78 is 5.44. The van der Waals surface area contributed by atoms with Crippen LogP contribution < -0.4 is 5.56 Å². The fraction of sp³-hybridized carbons (Fsp3) is 0.526. The van der Waals surface area contributed by atoms with Crippen molar-refractivity contribution in [2.24, 2.45) is 5.92 Å². The average Bonchev–Trinajstić information content (AvgIpc) is 3.06. The summed E-state index contributed by atoms with van der Waals surface area (Å²) in [7, 11) is 0. The Kier molecular flexibility index (Phi) is 4.88. The van der Waals surface area contributed by atoms with Crippen LogP contribution in [0.15, 0.2) is 33.9 Å². The van der Waals surface area contributed by atoms with E-state index < -0.39 is 0 Å². The van der Waals surface area contributed by atoms with Gasteiger partial charge in [-0.05, 0) is 37.9 Å². The topological polar surface area (TPSA) is 82.4 Å². The monoisotopic (exact) mass is 356 g/mol. The molecule has 2 aromatic rings. The molecule has 26 heavy (non-hydrogen) atoms. The largest absolute Gasteiger partial charge is 0.468 e. The molecule has 1 atom stereocenters. The molecule has 2 aliphatic heterocycles. The van der Waals surface area contributed by atoms with Crippen LogP contribution in [-0.2, 0) is 24.2 Å². The first-order valence-corrected chi connectivity index (χ1v) is 9.29. The van der Waals surface area contributed by atoms with Gasteiger partial charge in [-0.3, -0.25) is 14.5 Å². The smallest absolute Gasteiger partial charge is 0.254 e. The van der Waals surface area contributed by atoms with E-state index in [0.717, 1.165) is 49.5 Å². The quantitative estimate of drug-likeness (QED) is 0.894. The molecule has 2 aromatic heterocycles. The number of hydrogen-bond donors (Lipinski definition) is 1. The number of nitrogens with one attached hydrogen (secondary N) is 1. The number of piperidine rings is 1. The van der Waals surface area contributed by atoms with Gasteiger partial charge >= 0.3 is 0 Å². The van der Waals surface area contributed by atoms with Crippen molar-refractivity contribution in [2.45, 2.75) is 32.2 Å². The van der Waals surface area contributed by atoms with Gasteiger partial charge in [-0.15, -0.1) is 0 Å². The fourth-order valence-electron chi connectivity index (χ4n) is 4.04. The molecule has 0 saturated carbocycles. The molecule has 0 spiro atoms. The number of carbonyl (C=O) groups excluding carboxylic acids is 1. The zero-order valence-electron chi connectivity index (χ0n) is 14.8. The lowest BCUT2D eigenvalue weighted by atomic mass is 9.96. The maximum atomic E-state index is 13.1. The van der Waals surface area contributed by atoms with Crippen molar-refractivity contribution in [3.8, 4) is 0 Å². The number of H-pyrrole nitrogens is 1. The van der Waals surface area contributed by atoms with Gasteiger partial charge in [-0.25, -0.2) is 4.98 Å². The lowest BCUT2D eigenvalue weighted by molar-refractivity contribution is -0.137. The number of likely N-dealkylation sites (tertiary alicyclic amines) is 1. The van der Waals surface area contributed by atoms with Crippen molar-refractivity contribution in [1.82, 2.24) is 19.8 Å².